The summed E-state index contributed by atoms with van der Waals surface area (Å²) in [6.07, 6.45) is 49.8. The van der Waals surface area contributed by atoms with Gasteiger partial charge in [-0.05, 0) is 283 Å². The highest BCUT2D eigenvalue weighted by atomic mass is 16.5. The molecule has 0 saturated carbocycles. The monoisotopic (exact) mass is 1710 g/mol. The minimum absolute atomic E-state index is 0.237. The normalized spacial score (nSPS) is 11.3. The molecule has 9 nitrogen and oxygen atoms in total. The van der Waals surface area contributed by atoms with Crippen molar-refractivity contribution < 1.29 is 42.6 Å². The van der Waals surface area contributed by atoms with E-state index in [-0.39, 0.29) is 5.41 Å². The lowest BCUT2D eigenvalue weighted by Gasteiger charge is -2.18. The van der Waals surface area contributed by atoms with E-state index >= 15 is 0 Å². The first kappa shape index (κ1) is 113. The van der Waals surface area contributed by atoms with Crippen molar-refractivity contribution in [2.24, 2.45) is 5.92 Å². The third-order valence-electron chi connectivity index (χ3n) is 19.9. The molecule has 0 fully saturated rings. The maximum atomic E-state index is 4.94. The van der Waals surface area contributed by atoms with Crippen molar-refractivity contribution >= 4 is 0 Å². The average Bonchev–Trinajstić information content (AvgIpc) is 0.836. The van der Waals surface area contributed by atoms with Gasteiger partial charge in [-0.2, -0.15) is 0 Å². The quantitative estimate of drug-likeness (QED) is 0.0351. The van der Waals surface area contributed by atoms with Crippen molar-refractivity contribution in [1.82, 2.24) is 0 Å². The highest BCUT2D eigenvalue weighted by Crippen LogP contribution is 2.24. The Bertz CT molecular complexity index is 4340. The fraction of sp³-hybridized carbons (Fsp3) is 0.385. The zero-order valence-electron chi connectivity index (χ0n) is 82.0. The molecule has 0 aliphatic carbocycles. The van der Waals surface area contributed by atoms with Gasteiger partial charge in [0.2, 0.25) is 0 Å². The predicted molar refractivity (Wildman–Crippen MR) is 543 cm³/mol. The molecule has 0 aromatic heterocycles. The molecule has 9 heteroatoms. The average molecular weight is 1710 g/mol. The van der Waals surface area contributed by atoms with Crippen LogP contribution in [-0.2, 0) is 132 Å². The van der Waals surface area contributed by atoms with Crippen LogP contribution in [-0.4, -0.2) is 64.0 Å². The van der Waals surface area contributed by atoms with Gasteiger partial charge >= 0.3 is 0 Å². The van der Waals surface area contributed by atoms with E-state index in [9.17, 15) is 0 Å². The van der Waals surface area contributed by atoms with E-state index in [0.29, 0.717) is 11.8 Å². The first-order valence-corrected chi connectivity index (χ1v) is 45.2. The van der Waals surface area contributed by atoms with Crippen LogP contribution in [0.3, 0.4) is 0 Å². The Morgan fingerprint density at radius 1 is 0.294 bits per heavy atom. The van der Waals surface area contributed by atoms with Crippen LogP contribution in [0, 0.1) is 19.8 Å². The number of methoxy groups -OCH3 is 9. The summed E-state index contributed by atoms with van der Waals surface area (Å²) in [4.78, 5) is 0. The molecule has 0 spiro atoms. The molecule has 0 heterocycles. The molecule has 0 aliphatic rings. The van der Waals surface area contributed by atoms with Crippen LogP contribution >= 0.6 is 0 Å². The van der Waals surface area contributed by atoms with Crippen molar-refractivity contribution in [2.45, 2.75) is 230 Å². The topological polar surface area (TPSA) is 83.1 Å². The molecule has 9 aromatic carbocycles. The molecule has 126 heavy (non-hydrogen) atoms. The predicted octanol–water partition coefficient (Wildman–Crippen LogP) is 30.5. The number of benzene rings is 9. The first-order valence-electron chi connectivity index (χ1n) is 45.2. The van der Waals surface area contributed by atoms with Crippen LogP contribution in [0.25, 0.3) is 0 Å². The number of aryl methyl sites for hydroxylation is 5. The molecule has 9 rings (SSSR count). The summed E-state index contributed by atoms with van der Waals surface area (Å²) in [5.41, 5.74) is 25.9. The lowest BCUT2D eigenvalue weighted by molar-refractivity contribution is 0.333. The van der Waals surface area contributed by atoms with Crippen LogP contribution in [0.2, 0.25) is 0 Å². The smallest absolute Gasteiger partial charge is 0.0817 e. The Hall–Kier alpha value is -11.2. The van der Waals surface area contributed by atoms with Gasteiger partial charge in [0.05, 0.1) is 120 Å². The standard InChI is InChI=1S/4C14H20O.2C13H18O.2C12H16O.C11H14O/c1-14(2,3)13-9-7-12(8-10-13)6-5-11-15-4;1-12(2)11-14-8-6-13(7-9-14)5-4-10-15-3;1-4-12(2)14-9-7-13(8-10-14)6-5-11-15-3;1-3-4-6-13-8-10-14(11-9-13)7-5-12-15-2;1-11(2)13-8-6-12(7-9-13)5-4-10-14-3;1-3-5-12-7-9-13(10-8-12)6-4-11-14-2;1-10-4-6-12(7-5-10)8-11(2)9-13-3;1-3-11-6-8-12(9-7-11)5-4-10-13-2;1-10-5-7-11(8-6-10)4-3-9-12-2/h5,7-11H,6H2,1-4H3;4,6-10,12H,5,11H2,1-3H3;5,7-12H,4,6H2,1-3H3;5,8-12H,3-4,6-7H2,1-2H3;4,6-11H,5H2,1-3H3;4,7-11H,3,5-6H2,1-2H3;4-7,9H,8H2,1-3H3;4,6-10H,3,5H2,1-2H3;3,5-9H,4H2,1-2H3/b11-5+;10-4+;11-5+;12-5+;10-4+;11-4+;11-9+;10-4+;9-3+. The molecule has 0 radical (unpaired) electrons. The van der Waals surface area contributed by atoms with Gasteiger partial charge in [0.25, 0.3) is 0 Å². The molecular formula is C117H162O9. The number of ether oxygens (including phenoxy) is 9. The fourth-order valence-corrected chi connectivity index (χ4v) is 12.2. The van der Waals surface area contributed by atoms with Gasteiger partial charge < -0.3 is 42.6 Å². The van der Waals surface area contributed by atoms with E-state index < -0.39 is 0 Å². The van der Waals surface area contributed by atoms with Gasteiger partial charge in [-0.3, -0.25) is 0 Å². The summed E-state index contributed by atoms with van der Waals surface area (Å²) in [6, 6.07) is 78.6. The van der Waals surface area contributed by atoms with Crippen LogP contribution in [0.4, 0.5) is 0 Å². The summed E-state index contributed by atoms with van der Waals surface area (Å²) in [5.74, 6) is 2.00. The van der Waals surface area contributed by atoms with Gasteiger partial charge in [0.15, 0.2) is 0 Å². The van der Waals surface area contributed by atoms with E-state index in [1.54, 1.807) is 120 Å². The zero-order valence-corrected chi connectivity index (χ0v) is 82.0. The minimum Gasteiger partial charge on any atom is -0.505 e. The Kier molecular flexibility index (Phi) is 66.4. The maximum absolute atomic E-state index is 4.94. The van der Waals surface area contributed by atoms with E-state index in [0.717, 1.165) is 76.5 Å². The van der Waals surface area contributed by atoms with Gasteiger partial charge in [-0.1, -0.05) is 325 Å². The summed E-state index contributed by atoms with van der Waals surface area (Å²) < 4.78 is 43.7. The molecule has 0 saturated heterocycles. The number of unbranched alkanes of at least 4 members (excludes halogenated alkanes) is 1. The van der Waals surface area contributed by atoms with Gasteiger partial charge in [0, 0.05) is 0 Å². The zero-order chi connectivity index (χ0) is 93.1. The van der Waals surface area contributed by atoms with Gasteiger partial charge in [0.1, 0.15) is 0 Å². The number of hydrogen-bond donors (Lipinski definition) is 0. The molecule has 0 bridgehead atoms. The van der Waals surface area contributed by atoms with Crippen LogP contribution in [0.15, 0.2) is 329 Å². The van der Waals surface area contributed by atoms with E-state index in [1.165, 1.54) is 144 Å². The molecule has 9 aromatic rings. The Morgan fingerprint density at radius 2 is 0.556 bits per heavy atom. The van der Waals surface area contributed by atoms with Crippen molar-refractivity contribution in [2.75, 3.05) is 64.0 Å². The second-order valence-electron chi connectivity index (χ2n) is 32.8. The third kappa shape index (κ3) is 58.9. The lowest BCUT2D eigenvalue weighted by atomic mass is 9.86. The highest BCUT2D eigenvalue weighted by Gasteiger charge is 2.13. The first-order chi connectivity index (χ1) is 60.9. The Labute approximate surface area is 767 Å². The molecule has 0 N–H and O–H groups in total. The third-order valence-corrected chi connectivity index (χ3v) is 19.9. The SMILES string of the molecule is CCC(C)c1ccc(C/C=C/OC)cc1.CCCCc1ccc(C/C=C/OC)cc1.CCCc1ccc(C/C=C/OC)cc1.CCc1ccc(C/C=C/OC)cc1.CO/C=C(\C)Cc1ccc(C)cc1.CO/C=C/Cc1ccc(C(C)(C)C)cc1.CO/C=C/Cc1ccc(C(C)C)cc1.CO/C=C/Cc1ccc(C)cc1.CO/C=C/Cc1ccc(CC(C)C)cc1. The molecule has 684 valence electrons. The summed E-state index contributed by atoms with van der Waals surface area (Å²) >= 11 is 0. The van der Waals surface area contributed by atoms with Gasteiger partial charge in [-0.25, -0.2) is 0 Å². The van der Waals surface area contributed by atoms with Crippen molar-refractivity contribution in [3.63, 3.8) is 0 Å². The lowest BCUT2D eigenvalue weighted by Crippen LogP contribution is -2.10. The molecule has 1 unspecified atom stereocenters. The van der Waals surface area contributed by atoms with Crippen LogP contribution < -0.4 is 0 Å². The molecule has 0 aliphatic heterocycles. The van der Waals surface area contributed by atoms with E-state index in [1.807, 2.05) is 48.6 Å². The Balaban J connectivity index is 0.000000709. The highest BCUT2D eigenvalue weighted by molar-refractivity contribution is 5.33. The second-order valence-corrected chi connectivity index (χ2v) is 32.8. The largest absolute Gasteiger partial charge is 0.505 e. The van der Waals surface area contributed by atoms with Gasteiger partial charge in [-0.15, -0.1) is 0 Å². The van der Waals surface area contributed by atoms with Crippen LogP contribution in [0.1, 0.15) is 228 Å². The van der Waals surface area contributed by atoms with Crippen molar-refractivity contribution in [1.29, 1.82) is 0 Å². The maximum Gasteiger partial charge on any atom is 0.0817 e. The van der Waals surface area contributed by atoms with E-state index in [2.05, 4.69) is 322 Å². The van der Waals surface area contributed by atoms with Crippen molar-refractivity contribution in [3.05, 3.63) is 429 Å². The summed E-state index contributed by atoms with van der Waals surface area (Å²) in [7, 11) is 15.0. The molecule has 1 atom stereocenters. The number of hydrogen-bond acceptors (Lipinski definition) is 9. The summed E-state index contributed by atoms with van der Waals surface area (Å²) in [6.45, 7) is 32.9. The number of allylic oxidation sites excluding steroid dienone is 9. The second kappa shape index (κ2) is 74.1. The van der Waals surface area contributed by atoms with E-state index in [4.69, 9.17) is 42.6 Å². The Morgan fingerprint density at radius 3 is 0.817 bits per heavy atom. The fourth-order valence-electron chi connectivity index (χ4n) is 12.2. The molecular weight excluding hydrogens is 1550 g/mol. The van der Waals surface area contributed by atoms with Crippen molar-refractivity contribution in [3.8, 4) is 0 Å². The molecule has 0 amide bonds. The number of rotatable bonds is 38. The van der Waals surface area contributed by atoms with Crippen LogP contribution in [0.5, 0.6) is 0 Å². The summed E-state index contributed by atoms with van der Waals surface area (Å²) in [5, 5.41) is 0. The minimum atomic E-state index is 0.237.